The maximum atomic E-state index is 11.7. The van der Waals surface area contributed by atoms with Gasteiger partial charge in [-0.05, 0) is 12.5 Å². The van der Waals surface area contributed by atoms with Gasteiger partial charge in [0.2, 0.25) is 5.91 Å². The van der Waals surface area contributed by atoms with Crippen LogP contribution in [-0.4, -0.2) is 46.3 Å². The van der Waals surface area contributed by atoms with Gasteiger partial charge < -0.3 is 11.1 Å². The lowest BCUT2D eigenvalue weighted by atomic mass is 10.1. The Bertz CT molecular complexity index is 389. The van der Waals surface area contributed by atoms with E-state index in [4.69, 9.17) is 5.73 Å². The van der Waals surface area contributed by atoms with Gasteiger partial charge in [-0.3, -0.25) is 14.4 Å². The quantitative estimate of drug-likeness (QED) is 0.752. The van der Waals surface area contributed by atoms with E-state index in [9.17, 15) is 4.79 Å². The Balaban J connectivity index is 1.91. The number of anilines is 1. The Morgan fingerprint density at radius 1 is 1.59 bits per heavy atom. The summed E-state index contributed by atoms with van der Waals surface area (Å²) in [6.07, 6.45) is 2.70. The van der Waals surface area contributed by atoms with Gasteiger partial charge in [-0.25, -0.2) is 0 Å². The second-order valence-corrected chi connectivity index (χ2v) is 4.25. The van der Waals surface area contributed by atoms with Crippen LogP contribution in [0, 0.1) is 0 Å². The fourth-order valence-electron chi connectivity index (χ4n) is 2.21. The standard InChI is InChI=1S/C11H19N5O/c1-2-9-11(17)13-4-6-15(9)7-8-16-5-3-10(12)14-16/h3,5,9H,2,4,6-8H2,1H3,(H2,12,14)(H,13,17). The molecule has 0 aliphatic carbocycles. The number of hydrogen-bond acceptors (Lipinski definition) is 4. The molecule has 2 heterocycles. The van der Waals surface area contributed by atoms with Crippen LogP contribution < -0.4 is 11.1 Å². The van der Waals surface area contributed by atoms with E-state index < -0.39 is 0 Å². The number of carbonyl (C=O) groups is 1. The number of amides is 1. The fourth-order valence-corrected chi connectivity index (χ4v) is 2.21. The third-order valence-electron chi connectivity index (χ3n) is 3.11. The first-order valence-electron chi connectivity index (χ1n) is 6.01. The zero-order chi connectivity index (χ0) is 12.3. The fraction of sp³-hybridized carbons (Fsp3) is 0.636. The van der Waals surface area contributed by atoms with Crippen molar-refractivity contribution in [1.82, 2.24) is 20.0 Å². The topological polar surface area (TPSA) is 76.2 Å². The van der Waals surface area contributed by atoms with E-state index >= 15 is 0 Å². The molecule has 1 aliphatic rings. The minimum absolute atomic E-state index is 0.00309. The van der Waals surface area contributed by atoms with Gasteiger partial charge in [0.25, 0.3) is 0 Å². The maximum absolute atomic E-state index is 11.7. The average molecular weight is 237 g/mol. The van der Waals surface area contributed by atoms with Gasteiger partial charge in [-0.1, -0.05) is 6.92 Å². The second kappa shape index (κ2) is 5.18. The molecule has 0 radical (unpaired) electrons. The number of nitrogens with zero attached hydrogens (tertiary/aromatic N) is 3. The second-order valence-electron chi connectivity index (χ2n) is 4.25. The molecule has 1 fully saturated rings. The molecule has 0 bridgehead atoms. The molecule has 2 rings (SSSR count). The molecule has 3 N–H and O–H groups in total. The van der Waals surface area contributed by atoms with Crippen LogP contribution in [0.5, 0.6) is 0 Å². The highest BCUT2D eigenvalue weighted by Gasteiger charge is 2.27. The first-order valence-corrected chi connectivity index (χ1v) is 6.01. The number of rotatable bonds is 4. The number of nitrogens with one attached hydrogen (secondary N) is 1. The van der Waals surface area contributed by atoms with E-state index in [0.29, 0.717) is 5.82 Å². The van der Waals surface area contributed by atoms with Crippen molar-refractivity contribution < 1.29 is 4.79 Å². The van der Waals surface area contributed by atoms with Gasteiger partial charge in [0, 0.05) is 25.8 Å². The highest BCUT2D eigenvalue weighted by Crippen LogP contribution is 2.08. The van der Waals surface area contributed by atoms with Crippen molar-refractivity contribution in [1.29, 1.82) is 0 Å². The monoisotopic (exact) mass is 237 g/mol. The van der Waals surface area contributed by atoms with E-state index in [-0.39, 0.29) is 11.9 Å². The molecule has 1 aliphatic heterocycles. The Kier molecular flexibility index (Phi) is 3.63. The highest BCUT2D eigenvalue weighted by molar-refractivity contribution is 5.82. The molecule has 0 aromatic carbocycles. The average Bonchev–Trinajstić information content (AvgIpc) is 2.72. The largest absolute Gasteiger partial charge is 0.382 e. The summed E-state index contributed by atoms with van der Waals surface area (Å²) in [4.78, 5) is 13.9. The molecule has 0 spiro atoms. The molecule has 1 aromatic heterocycles. The Morgan fingerprint density at radius 2 is 2.41 bits per heavy atom. The van der Waals surface area contributed by atoms with Crippen LogP contribution in [0.4, 0.5) is 5.82 Å². The van der Waals surface area contributed by atoms with Crippen LogP contribution in [0.3, 0.4) is 0 Å². The summed E-state index contributed by atoms with van der Waals surface area (Å²) in [6.45, 7) is 5.26. The predicted molar refractivity (Wildman–Crippen MR) is 65.3 cm³/mol. The van der Waals surface area contributed by atoms with Crippen molar-refractivity contribution in [2.75, 3.05) is 25.4 Å². The Hall–Kier alpha value is -1.56. The van der Waals surface area contributed by atoms with Crippen molar-refractivity contribution in [3.05, 3.63) is 12.3 Å². The smallest absolute Gasteiger partial charge is 0.237 e. The molecule has 1 saturated heterocycles. The molecule has 1 unspecified atom stereocenters. The van der Waals surface area contributed by atoms with Crippen LogP contribution in [0.25, 0.3) is 0 Å². The van der Waals surface area contributed by atoms with Crippen molar-refractivity contribution in [3.63, 3.8) is 0 Å². The van der Waals surface area contributed by atoms with Gasteiger partial charge in [-0.15, -0.1) is 0 Å². The predicted octanol–water partition coefficient (Wildman–Crippen LogP) is -0.324. The van der Waals surface area contributed by atoms with Crippen molar-refractivity contribution in [2.45, 2.75) is 25.9 Å². The summed E-state index contributed by atoms with van der Waals surface area (Å²) in [6, 6.07) is 1.77. The minimum Gasteiger partial charge on any atom is -0.382 e. The molecular formula is C11H19N5O. The molecule has 1 atom stereocenters. The van der Waals surface area contributed by atoms with Gasteiger partial charge in [0.15, 0.2) is 0 Å². The maximum Gasteiger partial charge on any atom is 0.237 e. The lowest BCUT2D eigenvalue weighted by Gasteiger charge is -2.34. The normalized spacial score (nSPS) is 21.5. The minimum atomic E-state index is -0.00309. The molecule has 0 saturated carbocycles. The molecule has 1 aromatic rings. The van der Waals surface area contributed by atoms with Gasteiger partial charge >= 0.3 is 0 Å². The summed E-state index contributed by atoms with van der Waals surface area (Å²) in [5.74, 6) is 0.673. The summed E-state index contributed by atoms with van der Waals surface area (Å²) >= 11 is 0. The number of carbonyl (C=O) groups excluding carboxylic acids is 1. The van der Waals surface area contributed by atoms with Gasteiger partial charge in [0.1, 0.15) is 5.82 Å². The molecule has 94 valence electrons. The Morgan fingerprint density at radius 3 is 3.06 bits per heavy atom. The summed E-state index contributed by atoms with van der Waals surface area (Å²) in [5.41, 5.74) is 5.55. The van der Waals surface area contributed by atoms with E-state index in [1.54, 1.807) is 6.07 Å². The van der Waals surface area contributed by atoms with Crippen LogP contribution in [0.15, 0.2) is 12.3 Å². The van der Waals surface area contributed by atoms with Crippen LogP contribution in [0.2, 0.25) is 0 Å². The Labute approximate surface area is 101 Å². The third-order valence-corrected chi connectivity index (χ3v) is 3.11. The number of nitrogens with two attached hydrogens (primary N) is 1. The zero-order valence-corrected chi connectivity index (χ0v) is 10.1. The molecule has 6 nitrogen and oxygen atoms in total. The lowest BCUT2D eigenvalue weighted by Crippen LogP contribution is -2.55. The van der Waals surface area contributed by atoms with Gasteiger partial charge in [0.05, 0.1) is 12.6 Å². The third kappa shape index (κ3) is 2.76. The number of hydrogen-bond donors (Lipinski definition) is 2. The van der Waals surface area contributed by atoms with Crippen molar-refractivity contribution in [2.24, 2.45) is 0 Å². The van der Waals surface area contributed by atoms with Crippen molar-refractivity contribution >= 4 is 11.7 Å². The van der Waals surface area contributed by atoms with E-state index in [0.717, 1.165) is 32.6 Å². The number of aromatic nitrogens is 2. The van der Waals surface area contributed by atoms with Crippen molar-refractivity contribution in [3.8, 4) is 0 Å². The van der Waals surface area contributed by atoms with E-state index in [1.165, 1.54) is 0 Å². The van der Waals surface area contributed by atoms with E-state index in [2.05, 4.69) is 15.3 Å². The first-order chi connectivity index (χ1) is 8.20. The number of piperazine rings is 1. The summed E-state index contributed by atoms with van der Waals surface area (Å²) in [7, 11) is 0. The summed E-state index contributed by atoms with van der Waals surface area (Å²) in [5, 5.41) is 7.02. The molecule has 1 amide bonds. The first kappa shape index (κ1) is 11.9. The van der Waals surface area contributed by atoms with Crippen LogP contribution in [0.1, 0.15) is 13.3 Å². The lowest BCUT2D eigenvalue weighted by molar-refractivity contribution is -0.129. The SMILES string of the molecule is CCC1C(=O)NCCN1CCn1ccc(N)n1. The van der Waals surface area contributed by atoms with Gasteiger partial charge in [-0.2, -0.15) is 5.10 Å². The van der Waals surface area contributed by atoms with E-state index in [1.807, 2.05) is 17.8 Å². The summed E-state index contributed by atoms with van der Waals surface area (Å²) < 4.78 is 1.81. The van der Waals surface area contributed by atoms with Crippen LogP contribution >= 0.6 is 0 Å². The molecule has 17 heavy (non-hydrogen) atoms. The molecular weight excluding hydrogens is 218 g/mol. The zero-order valence-electron chi connectivity index (χ0n) is 10.1. The number of nitrogen functional groups attached to an aromatic ring is 1. The highest BCUT2D eigenvalue weighted by atomic mass is 16.2. The molecule has 6 heteroatoms. The van der Waals surface area contributed by atoms with Crippen LogP contribution in [-0.2, 0) is 11.3 Å².